The van der Waals surface area contributed by atoms with Crippen molar-refractivity contribution in [3.63, 3.8) is 0 Å². The molecular weight excluding hydrogens is 239 g/mol. The van der Waals surface area contributed by atoms with E-state index >= 15 is 0 Å². The van der Waals surface area contributed by atoms with Crippen molar-refractivity contribution in [3.05, 3.63) is 0 Å². The molecule has 0 N–H and O–H groups in total. The standard InChI is InChI=1S/C8H13IO/c9-4-8-3-7(5-10-8)6-1-2-6/h6-8H,1-5H2/t7-,8-/m1/s1. The molecule has 2 aliphatic rings. The summed E-state index contributed by atoms with van der Waals surface area (Å²) in [6.07, 6.45) is 4.88. The number of alkyl halides is 1. The Balaban J connectivity index is 1.81. The first kappa shape index (κ1) is 7.35. The van der Waals surface area contributed by atoms with Gasteiger partial charge in [-0.05, 0) is 31.1 Å². The van der Waals surface area contributed by atoms with E-state index in [2.05, 4.69) is 22.6 Å². The molecule has 0 spiro atoms. The Hall–Kier alpha value is 0.690. The average molecular weight is 252 g/mol. The van der Waals surface area contributed by atoms with Crippen LogP contribution in [-0.4, -0.2) is 17.1 Å². The molecule has 2 rings (SSSR count). The monoisotopic (exact) mass is 252 g/mol. The summed E-state index contributed by atoms with van der Waals surface area (Å²) in [5.41, 5.74) is 0. The number of halogens is 1. The molecule has 2 heteroatoms. The second kappa shape index (κ2) is 2.97. The molecule has 0 amide bonds. The summed E-state index contributed by atoms with van der Waals surface area (Å²) in [6.45, 7) is 1.05. The number of rotatable bonds is 2. The third-order valence-corrected chi connectivity index (χ3v) is 3.55. The van der Waals surface area contributed by atoms with E-state index < -0.39 is 0 Å². The van der Waals surface area contributed by atoms with Crippen molar-refractivity contribution in [1.29, 1.82) is 0 Å². The highest BCUT2D eigenvalue weighted by atomic mass is 127. The van der Waals surface area contributed by atoms with Gasteiger partial charge >= 0.3 is 0 Å². The van der Waals surface area contributed by atoms with Gasteiger partial charge in [0.05, 0.1) is 12.7 Å². The molecular formula is C8H13IO. The van der Waals surface area contributed by atoms with Gasteiger partial charge in [-0.25, -0.2) is 0 Å². The van der Waals surface area contributed by atoms with Gasteiger partial charge in [0.15, 0.2) is 0 Å². The maximum atomic E-state index is 5.61. The summed E-state index contributed by atoms with van der Waals surface area (Å²) in [5.74, 6) is 1.98. The molecule has 0 radical (unpaired) electrons. The van der Waals surface area contributed by atoms with Crippen molar-refractivity contribution in [2.24, 2.45) is 11.8 Å². The lowest BCUT2D eigenvalue weighted by Crippen LogP contribution is -2.05. The predicted octanol–water partition coefficient (Wildman–Crippen LogP) is 2.24. The first-order valence-corrected chi connectivity index (χ1v) is 5.60. The fourth-order valence-corrected chi connectivity index (χ4v) is 2.35. The van der Waals surface area contributed by atoms with Crippen LogP contribution >= 0.6 is 22.6 Å². The minimum absolute atomic E-state index is 0.589. The fraction of sp³-hybridized carbons (Fsp3) is 1.00. The van der Waals surface area contributed by atoms with Crippen molar-refractivity contribution in [1.82, 2.24) is 0 Å². The van der Waals surface area contributed by atoms with E-state index in [0.29, 0.717) is 6.10 Å². The topological polar surface area (TPSA) is 9.23 Å². The molecule has 0 aromatic rings. The molecule has 2 atom stereocenters. The van der Waals surface area contributed by atoms with Crippen molar-refractivity contribution >= 4 is 22.6 Å². The Kier molecular flexibility index (Phi) is 2.18. The van der Waals surface area contributed by atoms with Gasteiger partial charge in [-0.15, -0.1) is 0 Å². The summed E-state index contributed by atoms with van der Waals surface area (Å²) in [6, 6.07) is 0. The van der Waals surface area contributed by atoms with Crippen LogP contribution in [0.25, 0.3) is 0 Å². The van der Waals surface area contributed by atoms with E-state index in [-0.39, 0.29) is 0 Å². The Morgan fingerprint density at radius 3 is 2.60 bits per heavy atom. The van der Waals surface area contributed by atoms with Gasteiger partial charge in [-0.1, -0.05) is 22.6 Å². The van der Waals surface area contributed by atoms with Gasteiger partial charge in [-0.2, -0.15) is 0 Å². The molecule has 58 valence electrons. The zero-order chi connectivity index (χ0) is 6.97. The summed E-state index contributed by atoms with van der Waals surface area (Å²) in [5, 5.41) is 0. The molecule has 1 aliphatic heterocycles. The maximum Gasteiger partial charge on any atom is 0.0668 e. The van der Waals surface area contributed by atoms with Crippen LogP contribution in [0.4, 0.5) is 0 Å². The highest BCUT2D eigenvalue weighted by molar-refractivity contribution is 14.1. The van der Waals surface area contributed by atoms with Crippen LogP contribution in [0.2, 0.25) is 0 Å². The third-order valence-electron chi connectivity index (χ3n) is 2.57. The van der Waals surface area contributed by atoms with Crippen LogP contribution in [0.3, 0.4) is 0 Å². The Bertz CT molecular complexity index is 122. The highest BCUT2D eigenvalue weighted by Crippen LogP contribution is 2.42. The molecule has 1 saturated carbocycles. The Morgan fingerprint density at radius 1 is 1.30 bits per heavy atom. The molecule has 1 aliphatic carbocycles. The van der Waals surface area contributed by atoms with Crippen LogP contribution in [0, 0.1) is 11.8 Å². The smallest absolute Gasteiger partial charge is 0.0668 e. The molecule has 10 heavy (non-hydrogen) atoms. The van der Waals surface area contributed by atoms with Gasteiger partial charge in [0.25, 0.3) is 0 Å². The van der Waals surface area contributed by atoms with E-state index in [9.17, 15) is 0 Å². The molecule has 2 fully saturated rings. The zero-order valence-electron chi connectivity index (χ0n) is 6.05. The van der Waals surface area contributed by atoms with Crippen LogP contribution < -0.4 is 0 Å². The normalized spacial score (nSPS) is 40.5. The molecule has 1 nitrogen and oxygen atoms in total. The van der Waals surface area contributed by atoms with Gasteiger partial charge in [-0.3, -0.25) is 0 Å². The first-order valence-electron chi connectivity index (χ1n) is 4.07. The quantitative estimate of drug-likeness (QED) is 0.541. The summed E-state index contributed by atoms with van der Waals surface area (Å²) >= 11 is 2.42. The fourth-order valence-electron chi connectivity index (χ4n) is 1.74. The number of hydrogen-bond donors (Lipinski definition) is 0. The predicted molar refractivity (Wildman–Crippen MR) is 49.5 cm³/mol. The first-order chi connectivity index (χ1) is 4.90. The second-order valence-electron chi connectivity index (χ2n) is 3.44. The summed E-state index contributed by atoms with van der Waals surface area (Å²) < 4.78 is 6.79. The van der Waals surface area contributed by atoms with Crippen molar-refractivity contribution in [2.45, 2.75) is 25.4 Å². The molecule has 1 heterocycles. The molecule has 0 unspecified atom stereocenters. The van der Waals surface area contributed by atoms with Crippen molar-refractivity contribution < 1.29 is 4.74 Å². The Morgan fingerprint density at radius 2 is 2.10 bits per heavy atom. The van der Waals surface area contributed by atoms with Crippen LogP contribution in [0.5, 0.6) is 0 Å². The SMILES string of the molecule is IC[C@H]1C[C@@H](C2CC2)CO1. The molecule has 0 bridgehead atoms. The van der Waals surface area contributed by atoms with E-state index in [0.717, 1.165) is 18.4 Å². The van der Waals surface area contributed by atoms with Gasteiger partial charge in [0.1, 0.15) is 0 Å². The van der Waals surface area contributed by atoms with E-state index in [1.165, 1.54) is 23.7 Å². The van der Waals surface area contributed by atoms with Gasteiger partial charge < -0.3 is 4.74 Å². The summed E-state index contributed by atoms with van der Waals surface area (Å²) in [4.78, 5) is 0. The van der Waals surface area contributed by atoms with Crippen LogP contribution in [0.1, 0.15) is 19.3 Å². The lowest BCUT2D eigenvalue weighted by atomic mass is 10.0. The lowest BCUT2D eigenvalue weighted by molar-refractivity contribution is 0.123. The summed E-state index contributed by atoms with van der Waals surface area (Å²) in [7, 11) is 0. The van der Waals surface area contributed by atoms with E-state index in [1.54, 1.807) is 0 Å². The zero-order valence-corrected chi connectivity index (χ0v) is 8.21. The highest BCUT2D eigenvalue weighted by Gasteiger charge is 2.36. The molecule has 1 saturated heterocycles. The number of ether oxygens (including phenoxy) is 1. The second-order valence-corrected chi connectivity index (χ2v) is 4.32. The van der Waals surface area contributed by atoms with E-state index in [1.807, 2.05) is 0 Å². The van der Waals surface area contributed by atoms with E-state index in [4.69, 9.17) is 4.74 Å². The largest absolute Gasteiger partial charge is 0.377 e. The van der Waals surface area contributed by atoms with Crippen LogP contribution in [-0.2, 0) is 4.74 Å². The molecule has 0 aromatic heterocycles. The average Bonchev–Trinajstić information content (AvgIpc) is 2.70. The van der Waals surface area contributed by atoms with Gasteiger partial charge in [0.2, 0.25) is 0 Å². The maximum absolute atomic E-state index is 5.61. The Labute approximate surface area is 75.7 Å². The van der Waals surface area contributed by atoms with Gasteiger partial charge in [0, 0.05) is 4.43 Å². The molecule has 0 aromatic carbocycles. The van der Waals surface area contributed by atoms with Crippen molar-refractivity contribution in [2.75, 3.05) is 11.0 Å². The third kappa shape index (κ3) is 1.47. The lowest BCUT2D eigenvalue weighted by Gasteiger charge is -2.03. The number of hydrogen-bond acceptors (Lipinski definition) is 1. The van der Waals surface area contributed by atoms with Crippen molar-refractivity contribution in [3.8, 4) is 0 Å². The minimum Gasteiger partial charge on any atom is -0.377 e. The van der Waals surface area contributed by atoms with Crippen LogP contribution in [0.15, 0.2) is 0 Å². The minimum atomic E-state index is 0.589.